The zero-order valence-corrected chi connectivity index (χ0v) is 26.3. The second kappa shape index (κ2) is 11.5. The largest absolute Gasteiger partial charge is 0.254 e. The van der Waals surface area contributed by atoms with E-state index in [4.69, 9.17) is 9.97 Å². The van der Waals surface area contributed by atoms with Crippen molar-refractivity contribution >= 4 is 43.9 Å². The summed E-state index contributed by atoms with van der Waals surface area (Å²) in [5.74, 6) is 0. The predicted octanol–water partition coefficient (Wildman–Crippen LogP) is 12.3. The van der Waals surface area contributed by atoms with Crippen LogP contribution in [0.25, 0.3) is 87.0 Å². The van der Waals surface area contributed by atoms with E-state index in [-0.39, 0.29) is 0 Å². The summed E-state index contributed by atoms with van der Waals surface area (Å²) in [6.45, 7) is 0. The Bertz CT molecular complexity index is 2550. The summed E-state index contributed by atoms with van der Waals surface area (Å²) in [5.41, 5.74) is 11.3. The number of thiophene rings is 1. The Labute approximate surface area is 277 Å². The Kier molecular flexibility index (Phi) is 6.69. The first kappa shape index (κ1) is 27.4. The highest BCUT2D eigenvalue weighted by Gasteiger charge is 2.25. The van der Waals surface area contributed by atoms with Crippen molar-refractivity contribution in [3.63, 3.8) is 0 Å². The van der Waals surface area contributed by atoms with Gasteiger partial charge in [-0.1, -0.05) is 152 Å². The average Bonchev–Trinajstić information content (AvgIpc) is 3.56. The van der Waals surface area contributed by atoms with Crippen molar-refractivity contribution in [3.05, 3.63) is 170 Å². The van der Waals surface area contributed by atoms with Gasteiger partial charge in [0.15, 0.2) is 0 Å². The molecule has 3 heterocycles. The molecule has 0 bridgehead atoms. The molecule has 0 fully saturated rings. The van der Waals surface area contributed by atoms with E-state index in [9.17, 15) is 0 Å². The minimum Gasteiger partial charge on any atom is -0.254 e. The summed E-state index contributed by atoms with van der Waals surface area (Å²) in [7, 11) is 0. The molecule has 0 aliphatic carbocycles. The van der Waals surface area contributed by atoms with E-state index in [0.29, 0.717) is 0 Å². The highest BCUT2D eigenvalue weighted by molar-refractivity contribution is 7.20. The normalized spacial score (nSPS) is 11.4. The average molecular weight is 617 g/mol. The fraction of sp³-hybridized carbons (Fsp3) is 0. The molecular formula is C44H28N2S. The quantitative estimate of drug-likeness (QED) is 0.180. The predicted molar refractivity (Wildman–Crippen MR) is 200 cm³/mol. The van der Waals surface area contributed by atoms with Gasteiger partial charge in [-0.2, -0.15) is 0 Å². The summed E-state index contributed by atoms with van der Waals surface area (Å²) in [6.07, 6.45) is 1.85. The first-order chi connectivity index (χ1) is 23.3. The third-order valence-corrected chi connectivity index (χ3v) is 10.2. The first-order valence-corrected chi connectivity index (χ1v) is 16.7. The molecule has 0 aliphatic rings. The number of aromatic nitrogens is 2. The van der Waals surface area contributed by atoms with Gasteiger partial charge < -0.3 is 0 Å². The summed E-state index contributed by atoms with van der Waals surface area (Å²) in [4.78, 5) is 12.5. The van der Waals surface area contributed by atoms with E-state index < -0.39 is 0 Å². The number of pyridine rings is 2. The molecule has 3 heteroatoms. The maximum Gasteiger partial charge on any atom is 0.0972 e. The molecule has 9 aromatic rings. The molecule has 6 aromatic carbocycles. The molecule has 3 aromatic heterocycles. The van der Waals surface area contributed by atoms with Crippen molar-refractivity contribution in [2.75, 3.05) is 0 Å². The lowest BCUT2D eigenvalue weighted by atomic mass is 9.87. The molecule has 47 heavy (non-hydrogen) atoms. The molecular weight excluding hydrogens is 589 g/mol. The highest BCUT2D eigenvalue weighted by Crippen LogP contribution is 2.53. The van der Waals surface area contributed by atoms with Crippen molar-refractivity contribution in [1.29, 1.82) is 0 Å². The topological polar surface area (TPSA) is 25.8 Å². The molecule has 0 aliphatic heterocycles. The van der Waals surface area contributed by atoms with E-state index in [1.165, 1.54) is 53.9 Å². The fourth-order valence-corrected chi connectivity index (χ4v) is 8.12. The molecule has 0 N–H and O–H groups in total. The number of hydrogen-bond acceptors (Lipinski definition) is 3. The third kappa shape index (κ3) is 4.72. The highest BCUT2D eigenvalue weighted by atomic mass is 32.1. The lowest BCUT2D eigenvalue weighted by Crippen LogP contribution is -1.92. The van der Waals surface area contributed by atoms with Crippen LogP contribution in [0, 0.1) is 0 Å². The number of hydrogen-bond donors (Lipinski definition) is 0. The van der Waals surface area contributed by atoms with Gasteiger partial charge in [0.1, 0.15) is 0 Å². The van der Waals surface area contributed by atoms with Crippen molar-refractivity contribution in [2.24, 2.45) is 0 Å². The molecule has 0 saturated heterocycles. The molecule has 0 unspecified atom stereocenters. The van der Waals surface area contributed by atoms with Gasteiger partial charge in [-0.05, 0) is 45.2 Å². The number of rotatable bonds is 5. The number of nitrogens with zero attached hydrogens (tertiary/aromatic N) is 2. The summed E-state index contributed by atoms with van der Waals surface area (Å²) in [5, 5.41) is 4.57. The molecule has 220 valence electrons. The lowest BCUT2D eigenvalue weighted by molar-refractivity contribution is 1.37. The van der Waals surface area contributed by atoms with Gasteiger partial charge in [-0.15, -0.1) is 11.3 Å². The van der Waals surface area contributed by atoms with Gasteiger partial charge in [0, 0.05) is 43.4 Å². The Balaban J connectivity index is 1.34. The van der Waals surface area contributed by atoms with Crippen LogP contribution in [0.2, 0.25) is 0 Å². The minimum absolute atomic E-state index is 0.928. The SMILES string of the molecule is c1ccc(-c2sc(-c3ccccc3)c(-c3ccc(-c4ccc5ccc6cccnc6c5n4)c4ccccc34)c2-c2ccccc2)cc1. The van der Waals surface area contributed by atoms with Crippen LogP contribution in [0.15, 0.2) is 170 Å². The van der Waals surface area contributed by atoms with E-state index in [1.807, 2.05) is 23.6 Å². The number of fused-ring (bicyclic) bond motifs is 4. The van der Waals surface area contributed by atoms with E-state index in [1.54, 1.807) is 0 Å². The number of benzene rings is 6. The van der Waals surface area contributed by atoms with Crippen molar-refractivity contribution in [2.45, 2.75) is 0 Å². The van der Waals surface area contributed by atoms with Crippen LogP contribution in [-0.2, 0) is 0 Å². The zero-order chi connectivity index (χ0) is 31.2. The summed E-state index contributed by atoms with van der Waals surface area (Å²) >= 11 is 1.87. The Hall–Kier alpha value is -5.90. The Morgan fingerprint density at radius 3 is 1.60 bits per heavy atom. The summed E-state index contributed by atoms with van der Waals surface area (Å²) < 4.78 is 0. The lowest BCUT2D eigenvalue weighted by Gasteiger charge is -2.16. The molecule has 9 rings (SSSR count). The maximum atomic E-state index is 5.24. The molecule has 2 nitrogen and oxygen atoms in total. The summed E-state index contributed by atoms with van der Waals surface area (Å²) in [6, 6.07) is 58.4. The van der Waals surface area contributed by atoms with Gasteiger partial charge >= 0.3 is 0 Å². The van der Waals surface area contributed by atoms with Crippen LogP contribution in [0.3, 0.4) is 0 Å². The second-order valence-electron chi connectivity index (χ2n) is 11.7. The van der Waals surface area contributed by atoms with E-state index >= 15 is 0 Å². The molecule has 0 saturated carbocycles. The van der Waals surface area contributed by atoms with Crippen LogP contribution < -0.4 is 0 Å². The van der Waals surface area contributed by atoms with Crippen molar-refractivity contribution in [3.8, 4) is 54.4 Å². The van der Waals surface area contributed by atoms with Crippen LogP contribution >= 0.6 is 11.3 Å². The monoisotopic (exact) mass is 616 g/mol. The van der Waals surface area contributed by atoms with Crippen molar-refractivity contribution in [1.82, 2.24) is 9.97 Å². The fourth-order valence-electron chi connectivity index (χ4n) is 6.77. The van der Waals surface area contributed by atoms with Gasteiger partial charge in [-0.25, -0.2) is 4.98 Å². The molecule has 0 radical (unpaired) electrons. The van der Waals surface area contributed by atoms with E-state index in [0.717, 1.165) is 33.1 Å². The van der Waals surface area contributed by atoms with Gasteiger partial charge in [-0.3, -0.25) is 4.98 Å². The Morgan fingerprint density at radius 1 is 0.383 bits per heavy atom. The van der Waals surface area contributed by atoms with Crippen LogP contribution in [-0.4, -0.2) is 9.97 Å². The second-order valence-corrected chi connectivity index (χ2v) is 12.7. The van der Waals surface area contributed by atoms with Gasteiger partial charge in [0.05, 0.1) is 16.7 Å². The van der Waals surface area contributed by atoms with Crippen LogP contribution in [0.4, 0.5) is 0 Å². The van der Waals surface area contributed by atoms with Crippen LogP contribution in [0.1, 0.15) is 0 Å². The zero-order valence-electron chi connectivity index (χ0n) is 25.5. The van der Waals surface area contributed by atoms with Crippen molar-refractivity contribution < 1.29 is 0 Å². The first-order valence-electron chi connectivity index (χ1n) is 15.8. The molecule has 0 spiro atoms. The maximum absolute atomic E-state index is 5.24. The third-order valence-electron chi connectivity index (χ3n) is 8.94. The minimum atomic E-state index is 0.928. The molecule has 0 amide bonds. The van der Waals surface area contributed by atoms with Gasteiger partial charge in [0.25, 0.3) is 0 Å². The van der Waals surface area contributed by atoms with Crippen LogP contribution in [0.5, 0.6) is 0 Å². The van der Waals surface area contributed by atoms with Gasteiger partial charge in [0.2, 0.25) is 0 Å². The smallest absolute Gasteiger partial charge is 0.0972 e. The molecule has 0 atom stereocenters. The standard InChI is InChI=1S/C44H28N2S/c1-4-13-29(14-5-1)39-40(44(33-17-8-3-9-18-33)47-43(39)32-15-6-2-7-16-32)37-26-25-36(34-20-10-11-21-35(34)37)38-27-24-31-23-22-30-19-12-28-45-41(30)42(31)46-38/h1-28H. The Morgan fingerprint density at radius 2 is 0.915 bits per heavy atom. The van der Waals surface area contributed by atoms with E-state index in [2.05, 4.69) is 158 Å².